The first kappa shape index (κ1) is 20.1. The Morgan fingerprint density at radius 3 is 2.64 bits per heavy atom. The minimum absolute atomic E-state index is 0.320. The van der Waals surface area contributed by atoms with Gasteiger partial charge in [-0.3, -0.25) is 10.1 Å². The molecule has 1 amide bonds. The number of aromatic nitrogens is 2. The van der Waals surface area contributed by atoms with Crippen molar-refractivity contribution in [3.63, 3.8) is 0 Å². The second-order valence-electron chi connectivity index (χ2n) is 5.59. The van der Waals surface area contributed by atoms with Crippen LogP contribution >= 0.6 is 23.1 Å². The average Bonchev–Trinajstić information content (AvgIpc) is 3.12. The molecule has 0 unspecified atom stereocenters. The highest BCUT2D eigenvalue weighted by atomic mass is 32.2. The number of anilines is 1. The normalized spacial score (nSPS) is 11.7. The van der Waals surface area contributed by atoms with E-state index in [1.54, 1.807) is 12.1 Å². The Morgan fingerprint density at radius 2 is 1.89 bits per heavy atom. The van der Waals surface area contributed by atoms with Crippen molar-refractivity contribution >= 4 is 40.2 Å². The van der Waals surface area contributed by atoms with Crippen molar-refractivity contribution in [2.45, 2.75) is 16.3 Å². The monoisotopic (exact) mass is 421 g/mol. The number of alkyl halides is 3. The molecule has 0 aliphatic rings. The molecule has 0 aliphatic carbocycles. The molecular formula is C19H14F3N3OS2. The Labute approximate surface area is 167 Å². The fraction of sp³-hybridized carbons (Fsp3) is 0.105. The van der Waals surface area contributed by atoms with E-state index in [0.717, 1.165) is 29.0 Å². The Kier molecular flexibility index (Phi) is 6.48. The van der Waals surface area contributed by atoms with Crippen molar-refractivity contribution in [2.75, 3.05) is 5.32 Å². The highest BCUT2D eigenvalue weighted by Crippen LogP contribution is 2.32. The van der Waals surface area contributed by atoms with Crippen LogP contribution in [0.3, 0.4) is 0 Å². The van der Waals surface area contributed by atoms with E-state index in [-0.39, 0.29) is 5.91 Å². The quantitative estimate of drug-likeness (QED) is 0.324. The highest BCUT2D eigenvalue weighted by Gasteiger charge is 2.30. The van der Waals surface area contributed by atoms with Crippen molar-refractivity contribution in [2.24, 2.45) is 0 Å². The van der Waals surface area contributed by atoms with E-state index >= 15 is 0 Å². The third kappa shape index (κ3) is 5.93. The van der Waals surface area contributed by atoms with Crippen LogP contribution in [0.15, 0.2) is 65.0 Å². The SMILES string of the molecule is O=C(/C=C/c1ccccc1)Nc1nnc(SCc2cccc(C(F)(F)F)c2)s1. The first-order valence-electron chi connectivity index (χ1n) is 8.07. The Balaban J connectivity index is 1.54. The number of halogens is 3. The summed E-state index contributed by atoms with van der Waals surface area (Å²) in [5.41, 5.74) is 0.750. The summed E-state index contributed by atoms with van der Waals surface area (Å²) in [5.74, 6) is -0.0186. The van der Waals surface area contributed by atoms with Crippen molar-refractivity contribution in [1.82, 2.24) is 10.2 Å². The summed E-state index contributed by atoms with van der Waals surface area (Å²) in [6, 6.07) is 14.5. The molecule has 0 aliphatic heterocycles. The molecular weight excluding hydrogens is 407 g/mol. The van der Waals surface area contributed by atoms with Crippen molar-refractivity contribution in [1.29, 1.82) is 0 Å². The number of carbonyl (C=O) groups is 1. The van der Waals surface area contributed by atoms with Gasteiger partial charge in [0, 0.05) is 11.8 Å². The molecule has 4 nitrogen and oxygen atoms in total. The fourth-order valence-electron chi connectivity index (χ4n) is 2.18. The molecule has 9 heteroatoms. The standard InChI is InChI=1S/C19H14F3N3OS2/c20-19(21,22)15-8-4-7-14(11-15)12-27-18-25-24-17(28-18)23-16(26)10-9-13-5-2-1-3-6-13/h1-11H,12H2,(H,23,24,26)/b10-9+. The van der Waals surface area contributed by atoms with E-state index in [2.05, 4.69) is 15.5 Å². The van der Waals surface area contributed by atoms with Gasteiger partial charge >= 0.3 is 6.18 Å². The summed E-state index contributed by atoms with van der Waals surface area (Å²) in [6.45, 7) is 0. The number of amides is 1. The lowest BCUT2D eigenvalue weighted by Gasteiger charge is -2.07. The number of thioether (sulfide) groups is 1. The zero-order valence-corrected chi connectivity index (χ0v) is 15.9. The van der Waals surface area contributed by atoms with Gasteiger partial charge in [-0.15, -0.1) is 10.2 Å². The van der Waals surface area contributed by atoms with Crippen molar-refractivity contribution < 1.29 is 18.0 Å². The van der Waals surface area contributed by atoms with Crippen LogP contribution in [0, 0.1) is 0 Å². The molecule has 3 rings (SSSR count). The second-order valence-corrected chi connectivity index (χ2v) is 7.79. The van der Waals surface area contributed by atoms with Crippen LogP contribution in [-0.4, -0.2) is 16.1 Å². The molecule has 2 aromatic carbocycles. The van der Waals surface area contributed by atoms with Gasteiger partial charge < -0.3 is 0 Å². The Bertz CT molecular complexity index is 972. The van der Waals surface area contributed by atoms with Gasteiger partial charge in [0.2, 0.25) is 11.0 Å². The Hall–Kier alpha value is -2.65. The van der Waals surface area contributed by atoms with Gasteiger partial charge in [-0.2, -0.15) is 13.2 Å². The molecule has 0 atom stereocenters. The molecule has 1 N–H and O–H groups in total. The third-order valence-corrected chi connectivity index (χ3v) is 5.52. The fourth-order valence-corrected chi connectivity index (χ4v) is 3.88. The van der Waals surface area contributed by atoms with Gasteiger partial charge in [-0.1, -0.05) is 71.6 Å². The molecule has 3 aromatic rings. The minimum Gasteiger partial charge on any atom is -0.297 e. The van der Waals surface area contributed by atoms with E-state index in [1.807, 2.05) is 30.3 Å². The van der Waals surface area contributed by atoms with Crippen LogP contribution in [-0.2, 0) is 16.7 Å². The number of carbonyl (C=O) groups excluding carboxylic acids is 1. The lowest BCUT2D eigenvalue weighted by atomic mass is 10.1. The minimum atomic E-state index is -4.37. The maximum Gasteiger partial charge on any atom is 0.416 e. The smallest absolute Gasteiger partial charge is 0.297 e. The van der Waals surface area contributed by atoms with Crippen LogP contribution in [0.2, 0.25) is 0 Å². The maximum absolute atomic E-state index is 12.8. The van der Waals surface area contributed by atoms with Crippen LogP contribution in [0.4, 0.5) is 18.3 Å². The molecule has 0 bridgehead atoms. The molecule has 1 aromatic heterocycles. The van der Waals surface area contributed by atoms with Crippen molar-refractivity contribution in [3.05, 3.63) is 77.4 Å². The summed E-state index contributed by atoms with van der Waals surface area (Å²) in [7, 11) is 0. The van der Waals surface area contributed by atoms with Crippen LogP contribution in [0.25, 0.3) is 6.08 Å². The molecule has 0 spiro atoms. The van der Waals surface area contributed by atoms with Crippen molar-refractivity contribution in [3.8, 4) is 0 Å². The summed E-state index contributed by atoms with van der Waals surface area (Å²) in [5, 5.41) is 10.8. The summed E-state index contributed by atoms with van der Waals surface area (Å²) in [6.07, 6.45) is -1.29. The molecule has 1 heterocycles. The van der Waals surface area contributed by atoms with E-state index in [4.69, 9.17) is 0 Å². The second kappa shape index (κ2) is 9.03. The van der Waals surface area contributed by atoms with Gasteiger partial charge in [0.05, 0.1) is 5.56 Å². The zero-order valence-electron chi connectivity index (χ0n) is 14.3. The first-order valence-corrected chi connectivity index (χ1v) is 9.87. The van der Waals surface area contributed by atoms with E-state index in [1.165, 1.54) is 23.9 Å². The first-order chi connectivity index (χ1) is 13.4. The van der Waals surface area contributed by atoms with Gasteiger partial charge in [0.25, 0.3) is 0 Å². The number of nitrogens with zero attached hydrogens (tertiary/aromatic N) is 2. The van der Waals surface area contributed by atoms with Gasteiger partial charge in [-0.05, 0) is 23.3 Å². The molecule has 0 saturated heterocycles. The third-order valence-electron chi connectivity index (χ3n) is 3.48. The number of hydrogen-bond acceptors (Lipinski definition) is 5. The molecule has 144 valence electrons. The van der Waals surface area contributed by atoms with E-state index in [9.17, 15) is 18.0 Å². The van der Waals surface area contributed by atoms with Crippen LogP contribution in [0.1, 0.15) is 16.7 Å². The highest BCUT2D eigenvalue weighted by molar-refractivity contribution is 8.00. The molecule has 0 radical (unpaired) electrons. The van der Waals surface area contributed by atoms with E-state index in [0.29, 0.717) is 20.8 Å². The summed E-state index contributed by atoms with van der Waals surface area (Å²) in [4.78, 5) is 11.9. The van der Waals surface area contributed by atoms with E-state index < -0.39 is 11.7 Å². The lowest BCUT2D eigenvalue weighted by molar-refractivity contribution is -0.137. The summed E-state index contributed by atoms with van der Waals surface area (Å²) >= 11 is 2.42. The maximum atomic E-state index is 12.8. The Morgan fingerprint density at radius 1 is 1.11 bits per heavy atom. The largest absolute Gasteiger partial charge is 0.416 e. The molecule has 0 saturated carbocycles. The predicted molar refractivity (Wildman–Crippen MR) is 105 cm³/mol. The summed E-state index contributed by atoms with van der Waals surface area (Å²) < 4.78 is 38.8. The van der Waals surface area contributed by atoms with Gasteiger partial charge in [0.1, 0.15) is 0 Å². The number of rotatable bonds is 6. The van der Waals surface area contributed by atoms with Gasteiger partial charge in [0.15, 0.2) is 4.34 Å². The molecule has 0 fully saturated rings. The lowest BCUT2D eigenvalue weighted by Crippen LogP contribution is -2.07. The topological polar surface area (TPSA) is 54.9 Å². The molecule has 28 heavy (non-hydrogen) atoms. The zero-order chi connectivity index (χ0) is 20.0. The number of nitrogens with one attached hydrogen (secondary N) is 1. The number of hydrogen-bond donors (Lipinski definition) is 1. The van der Waals surface area contributed by atoms with Crippen LogP contribution in [0.5, 0.6) is 0 Å². The average molecular weight is 421 g/mol. The van der Waals surface area contributed by atoms with Gasteiger partial charge in [-0.25, -0.2) is 0 Å². The van der Waals surface area contributed by atoms with Crippen LogP contribution < -0.4 is 5.32 Å². The number of benzene rings is 2. The predicted octanol–water partition coefficient (Wildman–Crippen LogP) is 5.50.